The van der Waals surface area contributed by atoms with E-state index in [1.54, 1.807) is 23.5 Å². The van der Waals surface area contributed by atoms with E-state index in [1.807, 2.05) is 11.4 Å². The second kappa shape index (κ2) is 6.10. The second-order valence-corrected chi connectivity index (χ2v) is 6.19. The molecule has 0 atom stereocenters. The molecule has 0 N–H and O–H groups in total. The molecule has 1 aliphatic heterocycles. The van der Waals surface area contributed by atoms with Gasteiger partial charge in [0.1, 0.15) is 5.82 Å². The van der Waals surface area contributed by atoms with Crippen LogP contribution in [0.1, 0.15) is 22.7 Å². The predicted molar refractivity (Wildman–Crippen MR) is 82.3 cm³/mol. The molecule has 106 valence electrons. The Morgan fingerprint density at radius 2 is 2.30 bits per heavy atom. The van der Waals surface area contributed by atoms with Crippen LogP contribution >= 0.6 is 22.9 Å². The number of anilines is 1. The number of rotatable bonds is 5. The first-order chi connectivity index (χ1) is 9.76. The van der Waals surface area contributed by atoms with Crippen LogP contribution in [0.2, 0.25) is 0 Å². The average molecular weight is 311 g/mol. The van der Waals surface area contributed by atoms with E-state index in [-0.39, 0.29) is 5.82 Å². The number of thiazole rings is 1. The van der Waals surface area contributed by atoms with Crippen LogP contribution in [0, 0.1) is 5.82 Å². The van der Waals surface area contributed by atoms with Crippen molar-refractivity contribution in [2.24, 2.45) is 0 Å². The maximum absolute atomic E-state index is 13.3. The summed E-state index contributed by atoms with van der Waals surface area (Å²) in [6, 6.07) is 5.10. The summed E-state index contributed by atoms with van der Waals surface area (Å²) in [6.45, 7) is 1.94. The minimum atomic E-state index is -0.151. The monoisotopic (exact) mass is 310 g/mol. The number of aryl methyl sites for hydroxylation is 1. The highest BCUT2D eigenvalue weighted by molar-refractivity contribution is 7.09. The third-order valence-corrected chi connectivity index (χ3v) is 4.83. The fraction of sp³-hybridized carbons (Fsp3) is 0.400. The molecule has 0 unspecified atom stereocenters. The summed E-state index contributed by atoms with van der Waals surface area (Å²) in [4.78, 5) is 6.73. The average Bonchev–Trinajstić information content (AvgIpc) is 3.06. The van der Waals surface area contributed by atoms with Gasteiger partial charge in [-0.2, -0.15) is 0 Å². The minimum absolute atomic E-state index is 0.151. The van der Waals surface area contributed by atoms with E-state index in [2.05, 4.69) is 9.88 Å². The van der Waals surface area contributed by atoms with E-state index in [4.69, 9.17) is 11.6 Å². The Balaban J connectivity index is 1.56. The van der Waals surface area contributed by atoms with Crippen LogP contribution in [0.25, 0.3) is 0 Å². The van der Waals surface area contributed by atoms with Gasteiger partial charge >= 0.3 is 0 Å². The van der Waals surface area contributed by atoms with Gasteiger partial charge in [0.2, 0.25) is 0 Å². The Hall–Kier alpha value is -1.13. The molecule has 5 heteroatoms. The summed E-state index contributed by atoms with van der Waals surface area (Å²) >= 11 is 7.42. The molecule has 2 heterocycles. The van der Waals surface area contributed by atoms with Crippen molar-refractivity contribution < 1.29 is 4.39 Å². The van der Waals surface area contributed by atoms with Crippen LogP contribution in [0.15, 0.2) is 23.6 Å². The molecular weight excluding hydrogens is 295 g/mol. The molecule has 1 aromatic carbocycles. The zero-order valence-electron chi connectivity index (χ0n) is 11.1. The van der Waals surface area contributed by atoms with Gasteiger partial charge in [-0.25, -0.2) is 9.37 Å². The molecule has 1 aliphatic rings. The van der Waals surface area contributed by atoms with Crippen molar-refractivity contribution in [1.29, 1.82) is 0 Å². The molecule has 0 aliphatic carbocycles. The lowest BCUT2D eigenvalue weighted by atomic mass is 10.1. The van der Waals surface area contributed by atoms with E-state index in [0.717, 1.165) is 48.7 Å². The van der Waals surface area contributed by atoms with E-state index in [0.29, 0.717) is 5.88 Å². The van der Waals surface area contributed by atoms with Crippen LogP contribution < -0.4 is 4.90 Å². The van der Waals surface area contributed by atoms with Crippen LogP contribution in [0.4, 0.5) is 10.1 Å². The maximum atomic E-state index is 13.3. The van der Waals surface area contributed by atoms with Crippen molar-refractivity contribution in [1.82, 2.24) is 4.98 Å². The fourth-order valence-corrected chi connectivity index (χ4v) is 3.67. The zero-order chi connectivity index (χ0) is 13.9. The van der Waals surface area contributed by atoms with Gasteiger partial charge in [0.15, 0.2) is 0 Å². The van der Waals surface area contributed by atoms with Gasteiger partial charge in [-0.1, -0.05) is 6.07 Å². The molecule has 2 nitrogen and oxygen atoms in total. The summed E-state index contributed by atoms with van der Waals surface area (Å²) in [5.41, 5.74) is 3.27. The van der Waals surface area contributed by atoms with Crippen LogP contribution in [0.3, 0.4) is 0 Å². The minimum Gasteiger partial charge on any atom is -0.371 e. The largest absolute Gasteiger partial charge is 0.371 e. The van der Waals surface area contributed by atoms with Gasteiger partial charge in [-0.3, -0.25) is 0 Å². The highest BCUT2D eigenvalue weighted by Crippen LogP contribution is 2.28. The van der Waals surface area contributed by atoms with Crippen molar-refractivity contribution in [3.8, 4) is 0 Å². The Bertz CT molecular complexity index is 599. The molecule has 20 heavy (non-hydrogen) atoms. The fourth-order valence-electron chi connectivity index (χ4n) is 2.60. The number of nitrogens with zero attached hydrogens (tertiary/aromatic N) is 2. The molecule has 0 fully saturated rings. The second-order valence-electron chi connectivity index (χ2n) is 4.98. The van der Waals surface area contributed by atoms with Crippen molar-refractivity contribution in [3.63, 3.8) is 0 Å². The molecule has 3 rings (SSSR count). The summed E-state index contributed by atoms with van der Waals surface area (Å²) in [5, 5.41) is 3.15. The van der Waals surface area contributed by atoms with Crippen LogP contribution in [0.5, 0.6) is 0 Å². The van der Waals surface area contributed by atoms with Gasteiger partial charge < -0.3 is 4.90 Å². The van der Waals surface area contributed by atoms with Crippen LogP contribution in [-0.4, -0.2) is 18.1 Å². The predicted octanol–water partition coefficient (Wildman–Crippen LogP) is 4.02. The highest BCUT2D eigenvalue weighted by atomic mass is 35.5. The molecule has 0 bridgehead atoms. The SMILES string of the molecule is Fc1ccc2c(c1)N(CCCc1nc(CCl)cs1)CC2. The van der Waals surface area contributed by atoms with E-state index in [9.17, 15) is 4.39 Å². The number of benzene rings is 1. The van der Waals surface area contributed by atoms with Gasteiger partial charge in [0.05, 0.1) is 16.6 Å². The smallest absolute Gasteiger partial charge is 0.125 e. The summed E-state index contributed by atoms with van der Waals surface area (Å²) in [7, 11) is 0. The number of aromatic nitrogens is 1. The zero-order valence-corrected chi connectivity index (χ0v) is 12.7. The summed E-state index contributed by atoms with van der Waals surface area (Å²) in [5.74, 6) is 0.331. The van der Waals surface area contributed by atoms with E-state index in [1.165, 1.54) is 5.56 Å². The quantitative estimate of drug-likeness (QED) is 0.776. The normalized spacial score (nSPS) is 13.8. The number of alkyl halides is 1. The van der Waals surface area contributed by atoms with Crippen molar-refractivity contribution in [2.45, 2.75) is 25.1 Å². The van der Waals surface area contributed by atoms with Gasteiger partial charge in [0, 0.05) is 30.6 Å². The van der Waals surface area contributed by atoms with Crippen molar-refractivity contribution in [2.75, 3.05) is 18.0 Å². The Morgan fingerprint density at radius 1 is 1.40 bits per heavy atom. The van der Waals surface area contributed by atoms with Crippen molar-refractivity contribution >= 4 is 28.6 Å². The van der Waals surface area contributed by atoms with Crippen molar-refractivity contribution in [3.05, 3.63) is 45.7 Å². The Morgan fingerprint density at radius 3 is 3.10 bits per heavy atom. The first-order valence-corrected chi connectivity index (χ1v) is 8.20. The van der Waals surface area contributed by atoms with E-state index < -0.39 is 0 Å². The standard InChI is InChI=1S/C15H16ClFN2S/c16-9-13-10-20-15(18-13)2-1-6-19-7-5-11-3-4-12(17)8-14(11)19/h3-4,8,10H,1-2,5-7,9H2. The number of hydrogen-bond donors (Lipinski definition) is 0. The summed E-state index contributed by atoms with van der Waals surface area (Å²) in [6.07, 6.45) is 3.01. The molecule has 1 aromatic heterocycles. The maximum Gasteiger partial charge on any atom is 0.125 e. The Kier molecular flexibility index (Phi) is 4.22. The lowest BCUT2D eigenvalue weighted by Gasteiger charge is -2.18. The number of hydrogen-bond acceptors (Lipinski definition) is 3. The van der Waals surface area contributed by atoms with Gasteiger partial charge in [0.25, 0.3) is 0 Å². The first-order valence-electron chi connectivity index (χ1n) is 6.79. The number of halogens is 2. The first kappa shape index (κ1) is 13.8. The van der Waals surface area contributed by atoms with E-state index >= 15 is 0 Å². The molecule has 0 saturated heterocycles. The highest BCUT2D eigenvalue weighted by Gasteiger charge is 2.19. The van der Waals surface area contributed by atoms with Gasteiger partial charge in [-0.15, -0.1) is 22.9 Å². The third kappa shape index (κ3) is 2.96. The van der Waals surface area contributed by atoms with Gasteiger partial charge in [-0.05, 0) is 30.5 Å². The topological polar surface area (TPSA) is 16.1 Å². The molecule has 0 amide bonds. The Labute approximate surface area is 127 Å². The lowest BCUT2D eigenvalue weighted by Crippen LogP contribution is -2.22. The molecule has 0 spiro atoms. The van der Waals surface area contributed by atoms with Crippen LogP contribution in [-0.2, 0) is 18.7 Å². The lowest BCUT2D eigenvalue weighted by molar-refractivity contribution is 0.627. The molecular formula is C15H16ClFN2S. The third-order valence-electron chi connectivity index (χ3n) is 3.59. The molecule has 0 radical (unpaired) electrons. The summed E-state index contributed by atoms with van der Waals surface area (Å²) < 4.78 is 13.3. The molecule has 2 aromatic rings. The number of fused-ring (bicyclic) bond motifs is 1. The molecule has 0 saturated carbocycles.